The molecule has 0 bridgehead atoms. The van der Waals surface area contributed by atoms with Gasteiger partial charge >= 0.3 is 0 Å². The first kappa shape index (κ1) is 13.8. The van der Waals surface area contributed by atoms with Crippen molar-refractivity contribution in [3.63, 3.8) is 0 Å². The first-order valence-corrected chi connectivity index (χ1v) is 6.55. The van der Waals surface area contributed by atoms with Gasteiger partial charge in [0.15, 0.2) is 0 Å². The monoisotopic (exact) mass is 264 g/mol. The number of aromatic hydroxyl groups is 1. The molecule has 104 valence electrons. The maximum Gasteiger partial charge on any atom is 0.227 e. The lowest BCUT2D eigenvalue weighted by Crippen LogP contribution is -2.45. The second-order valence-electron chi connectivity index (χ2n) is 4.74. The zero-order valence-electron chi connectivity index (χ0n) is 10.9. The van der Waals surface area contributed by atoms with Crippen molar-refractivity contribution in [1.29, 1.82) is 0 Å². The number of carbonyl (C=O) groups excluding carboxylic acids is 1. The zero-order valence-corrected chi connectivity index (χ0v) is 10.9. The van der Waals surface area contributed by atoms with Gasteiger partial charge in [0.05, 0.1) is 19.1 Å². The van der Waals surface area contributed by atoms with Crippen LogP contribution in [0.1, 0.15) is 5.56 Å². The van der Waals surface area contributed by atoms with E-state index in [9.17, 15) is 9.90 Å². The third-order valence-electron chi connectivity index (χ3n) is 3.37. The minimum absolute atomic E-state index is 0.0962. The van der Waals surface area contributed by atoms with Crippen LogP contribution < -0.4 is 5.73 Å². The molecule has 5 heteroatoms. The molecule has 3 N–H and O–H groups in total. The van der Waals surface area contributed by atoms with E-state index in [1.807, 2.05) is 17.0 Å². The molecule has 1 heterocycles. The highest BCUT2D eigenvalue weighted by atomic mass is 16.5. The van der Waals surface area contributed by atoms with Gasteiger partial charge in [0, 0.05) is 19.6 Å². The third-order valence-corrected chi connectivity index (χ3v) is 3.37. The van der Waals surface area contributed by atoms with E-state index in [4.69, 9.17) is 10.5 Å². The van der Waals surface area contributed by atoms with Crippen LogP contribution in [0.2, 0.25) is 0 Å². The van der Waals surface area contributed by atoms with E-state index >= 15 is 0 Å². The number of rotatable bonds is 4. The average molecular weight is 264 g/mol. The number of morpholine rings is 1. The van der Waals surface area contributed by atoms with Crippen LogP contribution in [0.25, 0.3) is 0 Å². The van der Waals surface area contributed by atoms with Gasteiger partial charge in [-0.05, 0) is 24.1 Å². The van der Waals surface area contributed by atoms with E-state index in [1.54, 1.807) is 12.1 Å². The normalized spacial score (nSPS) is 17.2. The average Bonchev–Trinajstić information content (AvgIpc) is 2.47. The van der Waals surface area contributed by atoms with E-state index in [-0.39, 0.29) is 17.6 Å². The van der Waals surface area contributed by atoms with Gasteiger partial charge in [-0.3, -0.25) is 4.79 Å². The number of amides is 1. The summed E-state index contributed by atoms with van der Waals surface area (Å²) in [6.45, 7) is 2.82. The van der Waals surface area contributed by atoms with Crippen molar-refractivity contribution in [2.24, 2.45) is 11.7 Å². The number of nitrogens with two attached hydrogens (primary N) is 1. The molecule has 5 nitrogen and oxygen atoms in total. The maximum absolute atomic E-state index is 12.3. The minimum atomic E-state index is -0.206. The van der Waals surface area contributed by atoms with Crippen LogP contribution in [0, 0.1) is 5.92 Å². The highest BCUT2D eigenvalue weighted by Crippen LogP contribution is 2.15. The Kier molecular flexibility index (Phi) is 4.76. The van der Waals surface area contributed by atoms with Gasteiger partial charge in [-0.2, -0.15) is 0 Å². The quantitative estimate of drug-likeness (QED) is 0.823. The van der Waals surface area contributed by atoms with E-state index in [0.717, 1.165) is 5.56 Å². The maximum atomic E-state index is 12.3. The molecule has 0 radical (unpaired) electrons. The molecule has 1 atom stereocenters. The second-order valence-corrected chi connectivity index (χ2v) is 4.74. The lowest BCUT2D eigenvalue weighted by atomic mass is 9.97. The summed E-state index contributed by atoms with van der Waals surface area (Å²) < 4.78 is 5.24. The minimum Gasteiger partial charge on any atom is -0.508 e. The van der Waals surface area contributed by atoms with Crippen LogP contribution in [-0.4, -0.2) is 48.8 Å². The lowest BCUT2D eigenvalue weighted by molar-refractivity contribution is -0.139. The molecule has 1 saturated heterocycles. The number of ether oxygens (including phenoxy) is 1. The van der Waals surface area contributed by atoms with Crippen LogP contribution in [0.5, 0.6) is 5.75 Å². The predicted molar refractivity (Wildman–Crippen MR) is 71.8 cm³/mol. The van der Waals surface area contributed by atoms with Gasteiger partial charge in [-0.15, -0.1) is 0 Å². The molecule has 0 saturated carbocycles. The number of hydrogen-bond donors (Lipinski definition) is 2. The fourth-order valence-electron chi connectivity index (χ4n) is 2.23. The number of phenols is 1. The van der Waals surface area contributed by atoms with Gasteiger partial charge in [0.25, 0.3) is 0 Å². The molecule has 1 aromatic rings. The van der Waals surface area contributed by atoms with Crippen molar-refractivity contribution >= 4 is 5.91 Å². The summed E-state index contributed by atoms with van der Waals surface area (Å²) in [4.78, 5) is 14.2. The molecule has 2 rings (SSSR count). The Balaban J connectivity index is 1.98. The Morgan fingerprint density at radius 1 is 1.32 bits per heavy atom. The van der Waals surface area contributed by atoms with Crippen molar-refractivity contribution in [3.05, 3.63) is 29.8 Å². The third kappa shape index (κ3) is 3.68. The van der Waals surface area contributed by atoms with Gasteiger partial charge < -0.3 is 20.5 Å². The smallest absolute Gasteiger partial charge is 0.227 e. The Hall–Kier alpha value is -1.59. The first-order valence-electron chi connectivity index (χ1n) is 6.55. The predicted octanol–water partition coefficient (Wildman–Crippen LogP) is 0.368. The molecule has 1 aliphatic rings. The summed E-state index contributed by atoms with van der Waals surface area (Å²) in [6, 6.07) is 6.90. The molecular weight excluding hydrogens is 244 g/mol. The number of nitrogens with zero attached hydrogens (tertiary/aromatic N) is 1. The molecule has 0 spiro atoms. The van der Waals surface area contributed by atoms with Gasteiger partial charge in [0.1, 0.15) is 5.75 Å². The highest BCUT2D eigenvalue weighted by molar-refractivity contribution is 5.79. The fourth-order valence-corrected chi connectivity index (χ4v) is 2.23. The summed E-state index contributed by atoms with van der Waals surface area (Å²) in [6.07, 6.45) is 0.604. The van der Waals surface area contributed by atoms with Crippen LogP contribution in [0.3, 0.4) is 0 Å². The highest BCUT2D eigenvalue weighted by Gasteiger charge is 2.24. The second kappa shape index (κ2) is 6.54. The van der Waals surface area contributed by atoms with Gasteiger partial charge in [-0.1, -0.05) is 12.1 Å². The van der Waals surface area contributed by atoms with Crippen LogP contribution in [-0.2, 0) is 16.0 Å². The zero-order chi connectivity index (χ0) is 13.7. The van der Waals surface area contributed by atoms with E-state index in [0.29, 0.717) is 39.3 Å². The number of benzene rings is 1. The molecule has 0 aromatic heterocycles. The van der Waals surface area contributed by atoms with Crippen molar-refractivity contribution in [3.8, 4) is 5.75 Å². The van der Waals surface area contributed by atoms with E-state index < -0.39 is 0 Å². The Morgan fingerprint density at radius 3 is 2.53 bits per heavy atom. The summed E-state index contributed by atoms with van der Waals surface area (Å²) in [5, 5.41) is 9.25. The molecule has 0 aliphatic carbocycles. The fraction of sp³-hybridized carbons (Fsp3) is 0.500. The van der Waals surface area contributed by atoms with Crippen molar-refractivity contribution in [2.75, 3.05) is 32.8 Å². The summed E-state index contributed by atoms with van der Waals surface area (Å²) >= 11 is 0. The molecule has 19 heavy (non-hydrogen) atoms. The summed E-state index contributed by atoms with van der Waals surface area (Å²) in [5.74, 6) is 0.120. The van der Waals surface area contributed by atoms with Gasteiger partial charge in [0.2, 0.25) is 5.91 Å². The van der Waals surface area contributed by atoms with E-state index in [2.05, 4.69) is 0 Å². The molecule has 1 aliphatic heterocycles. The van der Waals surface area contributed by atoms with Gasteiger partial charge in [-0.25, -0.2) is 0 Å². The van der Waals surface area contributed by atoms with Crippen molar-refractivity contribution in [2.45, 2.75) is 6.42 Å². The standard InChI is InChI=1S/C14H20N2O3/c15-10-12(9-11-1-3-13(17)4-2-11)14(18)16-5-7-19-8-6-16/h1-4,12,17H,5-10,15H2. The Labute approximate surface area is 113 Å². The topological polar surface area (TPSA) is 75.8 Å². The molecule has 1 aromatic carbocycles. The number of phenolic OH excluding ortho intramolecular Hbond substituents is 1. The largest absolute Gasteiger partial charge is 0.508 e. The van der Waals surface area contributed by atoms with Crippen LogP contribution >= 0.6 is 0 Å². The van der Waals surface area contributed by atoms with E-state index in [1.165, 1.54) is 0 Å². The molecule has 1 unspecified atom stereocenters. The van der Waals surface area contributed by atoms with Crippen molar-refractivity contribution < 1.29 is 14.6 Å². The summed E-state index contributed by atoms with van der Waals surface area (Å²) in [7, 11) is 0. The first-order chi connectivity index (χ1) is 9.20. The Morgan fingerprint density at radius 2 is 1.95 bits per heavy atom. The number of carbonyl (C=O) groups is 1. The van der Waals surface area contributed by atoms with Crippen LogP contribution in [0.4, 0.5) is 0 Å². The summed E-state index contributed by atoms with van der Waals surface area (Å²) in [5.41, 5.74) is 6.74. The molecule has 1 amide bonds. The SMILES string of the molecule is NCC(Cc1ccc(O)cc1)C(=O)N1CCOCC1. The van der Waals surface area contributed by atoms with Crippen molar-refractivity contribution in [1.82, 2.24) is 4.90 Å². The molecule has 1 fully saturated rings. The Bertz CT molecular complexity index is 413. The van der Waals surface area contributed by atoms with Crippen LogP contribution in [0.15, 0.2) is 24.3 Å². The number of hydrogen-bond acceptors (Lipinski definition) is 4. The lowest BCUT2D eigenvalue weighted by Gasteiger charge is -2.30. The molecular formula is C14H20N2O3.